The molecular weight excluding hydrogens is 244 g/mol. The smallest absolute Gasteiger partial charge is 0.330 e. The number of rotatable bonds is 6. The molecule has 0 radical (unpaired) electrons. The van der Waals surface area contributed by atoms with Crippen LogP contribution in [0.2, 0.25) is 18.1 Å². The number of ether oxygens (including phenoxy) is 1. The van der Waals surface area contributed by atoms with Gasteiger partial charge in [-0.15, -0.1) is 0 Å². The van der Waals surface area contributed by atoms with E-state index in [2.05, 4.69) is 33.9 Å². The third kappa shape index (κ3) is 6.35. The molecule has 0 aromatic carbocycles. The monoisotopic (exact) mass is 272 g/mol. The van der Waals surface area contributed by atoms with Crippen molar-refractivity contribution in [3.8, 4) is 0 Å². The highest BCUT2D eigenvalue weighted by Gasteiger charge is 2.37. The molecule has 0 unspecified atom stereocenters. The second kappa shape index (κ2) is 7.09. The summed E-state index contributed by atoms with van der Waals surface area (Å²) in [6.07, 6.45) is 3.34. The summed E-state index contributed by atoms with van der Waals surface area (Å²) in [5, 5.41) is 0.220. The van der Waals surface area contributed by atoms with Crippen molar-refractivity contribution >= 4 is 14.3 Å². The minimum atomic E-state index is -1.69. The Hall–Kier alpha value is -0.613. The van der Waals surface area contributed by atoms with Crippen LogP contribution in [0.4, 0.5) is 0 Å². The molecule has 0 amide bonds. The summed E-state index contributed by atoms with van der Waals surface area (Å²) >= 11 is 0. The van der Waals surface area contributed by atoms with Crippen molar-refractivity contribution in [2.24, 2.45) is 5.92 Å². The van der Waals surface area contributed by atoms with E-state index in [1.165, 1.54) is 6.08 Å². The van der Waals surface area contributed by atoms with Crippen LogP contribution in [0.15, 0.2) is 12.2 Å². The zero-order chi connectivity index (χ0) is 14.4. The maximum Gasteiger partial charge on any atom is 0.330 e. The van der Waals surface area contributed by atoms with E-state index in [0.29, 0.717) is 13.2 Å². The lowest BCUT2D eigenvalue weighted by Crippen LogP contribution is -2.41. The van der Waals surface area contributed by atoms with E-state index in [9.17, 15) is 4.79 Å². The van der Waals surface area contributed by atoms with Crippen LogP contribution >= 0.6 is 0 Å². The van der Waals surface area contributed by atoms with Crippen molar-refractivity contribution in [2.45, 2.75) is 52.8 Å². The van der Waals surface area contributed by atoms with Crippen LogP contribution in [0.5, 0.6) is 0 Å². The first kappa shape index (κ1) is 17.4. The van der Waals surface area contributed by atoms with E-state index in [4.69, 9.17) is 9.16 Å². The summed E-state index contributed by atoms with van der Waals surface area (Å²) in [4.78, 5) is 11.2. The summed E-state index contributed by atoms with van der Waals surface area (Å²) in [6.45, 7) is 16.0. The number of hydrogen-bond acceptors (Lipinski definition) is 3. The first-order valence-corrected chi connectivity index (χ1v) is 9.50. The lowest BCUT2D eigenvalue weighted by Gasteiger charge is -2.36. The van der Waals surface area contributed by atoms with Gasteiger partial charge in [-0.05, 0) is 31.0 Å². The maximum absolute atomic E-state index is 11.2. The fraction of sp³-hybridized carbons (Fsp3) is 0.786. The lowest BCUT2D eigenvalue weighted by atomic mass is 10.2. The molecule has 0 fully saturated rings. The molecule has 0 rings (SSSR count). The van der Waals surface area contributed by atoms with Crippen LogP contribution in [-0.4, -0.2) is 27.5 Å². The Balaban J connectivity index is 4.19. The molecule has 18 heavy (non-hydrogen) atoms. The highest BCUT2D eigenvalue weighted by atomic mass is 28.4. The highest BCUT2D eigenvalue weighted by Crippen LogP contribution is 2.36. The van der Waals surface area contributed by atoms with Crippen molar-refractivity contribution < 1.29 is 14.0 Å². The topological polar surface area (TPSA) is 35.5 Å². The van der Waals surface area contributed by atoms with Crippen molar-refractivity contribution in [3.63, 3.8) is 0 Å². The molecule has 0 heterocycles. The standard InChI is InChI=1S/C14H28O3Si/c1-8-16-13(15)10-9-12(2)11-17-18(6,7)14(3,4)5/h9-10,12H,8,11H2,1-7H3/b10-9+/t12-/m0/s1. The average Bonchev–Trinajstić information content (AvgIpc) is 2.22. The minimum Gasteiger partial charge on any atom is -0.463 e. The molecule has 0 aliphatic carbocycles. The van der Waals surface area contributed by atoms with Gasteiger partial charge in [0.15, 0.2) is 8.32 Å². The molecule has 0 N–H and O–H groups in total. The Morgan fingerprint density at radius 3 is 2.33 bits per heavy atom. The lowest BCUT2D eigenvalue weighted by molar-refractivity contribution is -0.137. The van der Waals surface area contributed by atoms with E-state index >= 15 is 0 Å². The third-order valence-electron chi connectivity index (χ3n) is 3.36. The predicted octanol–water partition coefficient (Wildman–Crippen LogP) is 3.76. The number of carbonyl (C=O) groups excluding carboxylic acids is 1. The van der Waals surface area contributed by atoms with Gasteiger partial charge in [-0.2, -0.15) is 0 Å². The summed E-state index contributed by atoms with van der Waals surface area (Å²) in [7, 11) is -1.69. The van der Waals surface area contributed by atoms with Crippen molar-refractivity contribution in [3.05, 3.63) is 12.2 Å². The second-order valence-corrected chi connectivity index (χ2v) is 11.0. The molecule has 0 aromatic heterocycles. The van der Waals surface area contributed by atoms with Gasteiger partial charge < -0.3 is 9.16 Å². The van der Waals surface area contributed by atoms with Crippen LogP contribution in [0.25, 0.3) is 0 Å². The van der Waals surface area contributed by atoms with Crippen LogP contribution < -0.4 is 0 Å². The predicted molar refractivity (Wildman–Crippen MR) is 78.1 cm³/mol. The van der Waals surface area contributed by atoms with Crippen molar-refractivity contribution in [2.75, 3.05) is 13.2 Å². The molecule has 1 atom stereocenters. The number of hydrogen-bond donors (Lipinski definition) is 0. The van der Waals surface area contributed by atoms with Crippen molar-refractivity contribution in [1.82, 2.24) is 0 Å². The van der Waals surface area contributed by atoms with Gasteiger partial charge in [0.05, 0.1) is 6.61 Å². The normalized spacial score (nSPS) is 14.8. The molecule has 4 heteroatoms. The first-order valence-electron chi connectivity index (χ1n) is 6.59. The summed E-state index contributed by atoms with van der Waals surface area (Å²) < 4.78 is 10.9. The number of carbonyl (C=O) groups is 1. The summed E-state index contributed by atoms with van der Waals surface area (Å²) in [6, 6.07) is 0. The van der Waals surface area contributed by atoms with Crippen LogP contribution in [0, 0.1) is 5.92 Å². The molecule has 0 bridgehead atoms. The number of esters is 1. The van der Waals surface area contributed by atoms with E-state index in [1.54, 1.807) is 6.92 Å². The first-order chi connectivity index (χ1) is 8.10. The van der Waals surface area contributed by atoms with Gasteiger partial charge in [0.25, 0.3) is 0 Å². The van der Waals surface area contributed by atoms with Gasteiger partial charge in [-0.1, -0.05) is 33.8 Å². The van der Waals surface area contributed by atoms with E-state index in [-0.39, 0.29) is 16.9 Å². The summed E-state index contributed by atoms with van der Waals surface area (Å²) in [5.74, 6) is -0.0554. The van der Waals surface area contributed by atoms with E-state index < -0.39 is 8.32 Å². The van der Waals surface area contributed by atoms with Gasteiger partial charge >= 0.3 is 5.97 Å². The Kier molecular flexibility index (Phi) is 6.85. The fourth-order valence-corrected chi connectivity index (χ4v) is 2.16. The van der Waals surface area contributed by atoms with Gasteiger partial charge in [-0.25, -0.2) is 4.79 Å². The van der Waals surface area contributed by atoms with Gasteiger partial charge in [0, 0.05) is 12.7 Å². The van der Waals surface area contributed by atoms with Crippen LogP contribution in [0.3, 0.4) is 0 Å². The Morgan fingerprint density at radius 1 is 1.33 bits per heavy atom. The SMILES string of the molecule is CCOC(=O)/C=C/[C@H](C)CO[Si](C)(C)C(C)(C)C. The second-order valence-electron chi connectivity index (χ2n) is 6.16. The molecule has 0 aliphatic heterocycles. The molecule has 0 spiro atoms. The minimum absolute atomic E-state index is 0.220. The zero-order valence-electron chi connectivity index (χ0n) is 12.9. The zero-order valence-corrected chi connectivity index (χ0v) is 13.9. The highest BCUT2D eigenvalue weighted by molar-refractivity contribution is 6.74. The Bertz CT molecular complexity index is 290. The van der Waals surface area contributed by atoms with Gasteiger partial charge in [0.2, 0.25) is 0 Å². The van der Waals surface area contributed by atoms with Gasteiger partial charge in [0.1, 0.15) is 0 Å². The molecule has 3 nitrogen and oxygen atoms in total. The van der Waals surface area contributed by atoms with Crippen molar-refractivity contribution in [1.29, 1.82) is 0 Å². The van der Waals surface area contributed by atoms with Crippen LogP contribution in [-0.2, 0) is 14.0 Å². The Morgan fingerprint density at radius 2 is 1.89 bits per heavy atom. The fourth-order valence-electron chi connectivity index (χ4n) is 1.05. The molecular formula is C14H28O3Si. The quantitative estimate of drug-likeness (QED) is 0.419. The molecule has 0 aliphatic rings. The Labute approximate surface area is 113 Å². The van der Waals surface area contributed by atoms with E-state index in [1.807, 2.05) is 13.0 Å². The van der Waals surface area contributed by atoms with E-state index in [0.717, 1.165) is 0 Å². The maximum atomic E-state index is 11.2. The van der Waals surface area contributed by atoms with Crippen LogP contribution in [0.1, 0.15) is 34.6 Å². The average molecular weight is 272 g/mol. The largest absolute Gasteiger partial charge is 0.463 e. The van der Waals surface area contributed by atoms with Gasteiger partial charge in [-0.3, -0.25) is 0 Å². The molecule has 0 aromatic rings. The molecule has 106 valence electrons. The summed E-state index contributed by atoms with van der Waals surface area (Å²) in [5.41, 5.74) is 0. The third-order valence-corrected chi connectivity index (χ3v) is 7.86. The molecule has 0 saturated carbocycles. The molecule has 0 saturated heterocycles.